The number of para-hydroxylation sites is 2. The van der Waals surface area contributed by atoms with Gasteiger partial charge >= 0.3 is 12.7 Å². The molecule has 2 aromatic rings. The monoisotopic (exact) mass is 378 g/mol. The van der Waals surface area contributed by atoms with E-state index in [0.717, 1.165) is 6.07 Å². The van der Waals surface area contributed by atoms with Crippen LogP contribution in [0.1, 0.15) is 10.4 Å². The van der Waals surface area contributed by atoms with E-state index in [4.69, 9.17) is 9.47 Å². The predicted molar refractivity (Wildman–Crippen MR) is 92.7 cm³/mol. The molecule has 9 heteroatoms. The molecule has 0 bridgehead atoms. The molecular weight excluding hydrogens is 362 g/mol. The number of nitrogens with zero attached hydrogens (tertiary/aromatic N) is 1. The summed E-state index contributed by atoms with van der Waals surface area (Å²) in [5.41, 5.74) is 0.949. The molecule has 0 radical (unpaired) electrons. The minimum atomic E-state index is -3.06. The average Bonchev–Trinajstić information content (AvgIpc) is 3.07. The number of amides is 2. The van der Waals surface area contributed by atoms with Gasteiger partial charge in [0.25, 0.3) is 5.91 Å². The smallest absolute Gasteiger partial charge is 0.414 e. The van der Waals surface area contributed by atoms with E-state index in [0.29, 0.717) is 17.9 Å². The Hall–Kier alpha value is -3.36. The summed E-state index contributed by atoms with van der Waals surface area (Å²) in [5, 5.41) is 2.67. The first-order valence-corrected chi connectivity index (χ1v) is 7.97. The van der Waals surface area contributed by atoms with Gasteiger partial charge in [-0.25, -0.2) is 4.79 Å². The number of hydrogen-bond donors (Lipinski definition) is 1. The van der Waals surface area contributed by atoms with Crippen LogP contribution in [0.5, 0.6) is 11.5 Å². The molecule has 0 spiro atoms. The first-order valence-electron chi connectivity index (χ1n) is 7.97. The fraction of sp³-hybridized carbons (Fsp3) is 0.222. The standard InChI is InChI=1S/C18H16F2N2O5/c1-25-14-7-6-11(10-15(14)27-17(19)20)16(23)21-12-4-2-3-5-13(12)22-8-9-26-18(22)24/h2-7,10,17H,8-9H2,1H3,(H,21,23). The molecule has 1 aliphatic rings. The number of nitrogens with one attached hydrogen (secondary N) is 1. The van der Waals surface area contributed by atoms with Crippen molar-refractivity contribution in [1.29, 1.82) is 0 Å². The van der Waals surface area contributed by atoms with Crippen LogP contribution >= 0.6 is 0 Å². The third kappa shape index (κ3) is 4.08. The van der Waals surface area contributed by atoms with Gasteiger partial charge in [0.05, 0.1) is 25.0 Å². The third-order valence-corrected chi connectivity index (χ3v) is 3.85. The Labute approximate surface area is 153 Å². The lowest BCUT2D eigenvalue weighted by Gasteiger charge is -2.18. The highest BCUT2D eigenvalue weighted by molar-refractivity contribution is 6.07. The highest BCUT2D eigenvalue weighted by atomic mass is 19.3. The maximum absolute atomic E-state index is 12.6. The zero-order valence-electron chi connectivity index (χ0n) is 14.3. The van der Waals surface area contributed by atoms with Crippen molar-refractivity contribution < 1.29 is 32.6 Å². The summed E-state index contributed by atoms with van der Waals surface area (Å²) in [6.07, 6.45) is -0.506. The van der Waals surface area contributed by atoms with Crippen LogP contribution in [0.4, 0.5) is 25.0 Å². The Morgan fingerprint density at radius 3 is 2.67 bits per heavy atom. The normalized spacial score (nSPS) is 13.5. The number of cyclic esters (lactones) is 1. The summed E-state index contributed by atoms with van der Waals surface area (Å²) in [5.74, 6) is -0.736. The molecule has 0 aliphatic carbocycles. The van der Waals surface area contributed by atoms with Crippen LogP contribution in [-0.4, -0.2) is 38.9 Å². The molecule has 0 atom stereocenters. The topological polar surface area (TPSA) is 77.1 Å². The van der Waals surface area contributed by atoms with Gasteiger partial charge in [0.15, 0.2) is 11.5 Å². The molecule has 0 unspecified atom stereocenters. The number of hydrogen-bond acceptors (Lipinski definition) is 5. The molecule has 3 rings (SSSR count). The lowest BCUT2D eigenvalue weighted by Crippen LogP contribution is -2.25. The van der Waals surface area contributed by atoms with Gasteiger partial charge in [0.1, 0.15) is 6.61 Å². The Bertz CT molecular complexity index is 859. The first-order chi connectivity index (χ1) is 13.0. The summed E-state index contributed by atoms with van der Waals surface area (Å²) >= 11 is 0. The largest absolute Gasteiger partial charge is 0.493 e. The summed E-state index contributed by atoms with van der Waals surface area (Å²) in [7, 11) is 1.30. The molecule has 2 aromatic carbocycles. The number of benzene rings is 2. The summed E-state index contributed by atoms with van der Waals surface area (Å²) in [6, 6.07) is 10.6. The molecule has 0 aromatic heterocycles. The number of alkyl halides is 2. The van der Waals surface area contributed by atoms with Gasteiger partial charge in [-0.3, -0.25) is 9.69 Å². The second-order valence-corrected chi connectivity index (χ2v) is 5.48. The van der Waals surface area contributed by atoms with Gasteiger partial charge in [-0.1, -0.05) is 12.1 Å². The Morgan fingerprint density at radius 1 is 1.22 bits per heavy atom. The number of halogens is 2. The zero-order chi connectivity index (χ0) is 19.4. The molecule has 1 N–H and O–H groups in total. The lowest BCUT2D eigenvalue weighted by atomic mass is 10.1. The van der Waals surface area contributed by atoms with Crippen molar-refractivity contribution >= 4 is 23.4 Å². The van der Waals surface area contributed by atoms with E-state index < -0.39 is 18.6 Å². The average molecular weight is 378 g/mol. The maximum Gasteiger partial charge on any atom is 0.414 e. The number of carbonyl (C=O) groups excluding carboxylic acids is 2. The van der Waals surface area contributed by atoms with E-state index in [9.17, 15) is 18.4 Å². The van der Waals surface area contributed by atoms with Gasteiger partial charge in [0, 0.05) is 5.56 Å². The number of rotatable bonds is 6. The highest BCUT2D eigenvalue weighted by Crippen LogP contribution is 2.31. The third-order valence-electron chi connectivity index (χ3n) is 3.85. The quantitative estimate of drug-likeness (QED) is 0.833. The first kappa shape index (κ1) is 18.4. The van der Waals surface area contributed by atoms with E-state index in [1.807, 2.05) is 0 Å². The van der Waals surface area contributed by atoms with E-state index in [1.165, 1.54) is 24.1 Å². The van der Waals surface area contributed by atoms with Crippen LogP contribution in [0, 0.1) is 0 Å². The van der Waals surface area contributed by atoms with Crippen molar-refractivity contribution in [3.8, 4) is 11.5 Å². The van der Waals surface area contributed by atoms with E-state index in [1.54, 1.807) is 24.3 Å². The molecule has 142 valence electrons. The number of anilines is 2. The van der Waals surface area contributed by atoms with Crippen molar-refractivity contribution in [2.45, 2.75) is 6.61 Å². The Kier molecular flexibility index (Phi) is 5.39. The predicted octanol–water partition coefficient (Wildman–Crippen LogP) is 3.51. The van der Waals surface area contributed by atoms with Crippen molar-refractivity contribution in [3.05, 3.63) is 48.0 Å². The van der Waals surface area contributed by atoms with Crippen molar-refractivity contribution in [2.24, 2.45) is 0 Å². The number of methoxy groups -OCH3 is 1. The Balaban J connectivity index is 1.85. The van der Waals surface area contributed by atoms with Crippen LogP contribution < -0.4 is 19.7 Å². The van der Waals surface area contributed by atoms with Crippen LogP contribution in [-0.2, 0) is 4.74 Å². The minimum Gasteiger partial charge on any atom is -0.493 e. The zero-order valence-corrected chi connectivity index (χ0v) is 14.3. The van der Waals surface area contributed by atoms with Crippen molar-refractivity contribution in [2.75, 3.05) is 30.5 Å². The molecule has 27 heavy (non-hydrogen) atoms. The molecule has 2 amide bonds. The lowest BCUT2D eigenvalue weighted by molar-refractivity contribution is -0.0512. The molecule has 1 heterocycles. The van der Waals surface area contributed by atoms with Crippen LogP contribution in [0.25, 0.3) is 0 Å². The molecule has 1 fully saturated rings. The second kappa shape index (κ2) is 7.90. The van der Waals surface area contributed by atoms with Gasteiger partial charge in [-0.05, 0) is 30.3 Å². The summed E-state index contributed by atoms with van der Waals surface area (Å²) < 4.78 is 39.4. The van der Waals surface area contributed by atoms with E-state index in [-0.39, 0.29) is 23.7 Å². The van der Waals surface area contributed by atoms with Crippen LogP contribution in [0.15, 0.2) is 42.5 Å². The fourth-order valence-corrected chi connectivity index (χ4v) is 2.63. The van der Waals surface area contributed by atoms with Crippen LogP contribution in [0.2, 0.25) is 0 Å². The number of ether oxygens (including phenoxy) is 3. The van der Waals surface area contributed by atoms with Crippen LogP contribution in [0.3, 0.4) is 0 Å². The molecular formula is C18H16F2N2O5. The number of carbonyl (C=O) groups is 2. The molecule has 7 nitrogen and oxygen atoms in total. The fourth-order valence-electron chi connectivity index (χ4n) is 2.63. The van der Waals surface area contributed by atoms with Crippen molar-refractivity contribution in [3.63, 3.8) is 0 Å². The van der Waals surface area contributed by atoms with Gasteiger partial charge in [-0.15, -0.1) is 0 Å². The van der Waals surface area contributed by atoms with Gasteiger partial charge < -0.3 is 19.5 Å². The Morgan fingerprint density at radius 2 is 2.00 bits per heavy atom. The summed E-state index contributed by atoms with van der Waals surface area (Å²) in [6.45, 7) is -2.44. The molecule has 1 aliphatic heterocycles. The van der Waals surface area contributed by atoms with Gasteiger partial charge in [-0.2, -0.15) is 8.78 Å². The minimum absolute atomic E-state index is 0.0760. The van der Waals surface area contributed by atoms with Crippen molar-refractivity contribution in [1.82, 2.24) is 0 Å². The summed E-state index contributed by atoms with van der Waals surface area (Å²) in [4.78, 5) is 25.8. The van der Waals surface area contributed by atoms with E-state index >= 15 is 0 Å². The second-order valence-electron chi connectivity index (χ2n) is 5.48. The molecule has 0 saturated carbocycles. The highest BCUT2D eigenvalue weighted by Gasteiger charge is 2.26. The van der Waals surface area contributed by atoms with E-state index in [2.05, 4.69) is 10.1 Å². The maximum atomic E-state index is 12.6. The SMILES string of the molecule is COc1ccc(C(=O)Nc2ccccc2N2CCOC2=O)cc1OC(F)F. The molecule has 1 saturated heterocycles. The van der Waals surface area contributed by atoms with Gasteiger partial charge in [0.2, 0.25) is 0 Å².